The van der Waals surface area contributed by atoms with Crippen LogP contribution in [0.25, 0.3) is 0 Å². The van der Waals surface area contributed by atoms with Gasteiger partial charge >= 0.3 is 6.18 Å². The molecule has 0 bridgehead atoms. The predicted molar refractivity (Wildman–Crippen MR) is 104 cm³/mol. The molecule has 0 aromatic heterocycles. The summed E-state index contributed by atoms with van der Waals surface area (Å²) < 4.78 is 39.2. The lowest BCUT2D eigenvalue weighted by Gasteiger charge is -2.39. The van der Waals surface area contributed by atoms with E-state index in [0.29, 0.717) is 6.42 Å². The van der Waals surface area contributed by atoms with Gasteiger partial charge in [-0.2, -0.15) is 13.2 Å². The Bertz CT molecular complexity index is 695. The third-order valence-corrected chi connectivity index (χ3v) is 5.09. The molecule has 28 heavy (non-hydrogen) atoms. The van der Waals surface area contributed by atoms with Crippen LogP contribution in [0.15, 0.2) is 24.3 Å². The van der Waals surface area contributed by atoms with Gasteiger partial charge in [0.05, 0.1) is 23.7 Å². The fourth-order valence-electron chi connectivity index (χ4n) is 3.53. The second-order valence-corrected chi connectivity index (χ2v) is 7.25. The first kappa shape index (κ1) is 24.2. The molecule has 1 aromatic carbocycles. The number of benzene rings is 1. The Morgan fingerprint density at radius 3 is 2.50 bits per heavy atom. The van der Waals surface area contributed by atoms with Gasteiger partial charge in [-0.1, -0.05) is 25.0 Å². The van der Waals surface area contributed by atoms with Gasteiger partial charge in [0.15, 0.2) is 0 Å². The lowest BCUT2D eigenvalue weighted by Crippen LogP contribution is -2.54. The van der Waals surface area contributed by atoms with E-state index in [1.807, 2.05) is 6.92 Å². The molecule has 1 aromatic rings. The lowest BCUT2D eigenvalue weighted by molar-refractivity contribution is -0.141. The van der Waals surface area contributed by atoms with Gasteiger partial charge < -0.3 is 16.0 Å². The molecule has 1 aliphatic rings. The molecular formula is C19H27ClF3N3O2. The van der Waals surface area contributed by atoms with E-state index in [0.717, 1.165) is 25.3 Å². The van der Waals surface area contributed by atoms with Crippen molar-refractivity contribution in [2.75, 3.05) is 18.4 Å². The number of nitrogens with zero attached hydrogens (tertiary/aromatic N) is 1. The number of hydrogen-bond donors (Lipinski definition) is 2. The van der Waals surface area contributed by atoms with Gasteiger partial charge in [-0.3, -0.25) is 9.59 Å². The number of carbonyl (C=O) groups excluding carboxylic acids is 2. The van der Waals surface area contributed by atoms with Crippen LogP contribution in [-0.4, -0.2) is 35.3 Å². The van der Waals surface area contributed by atoms with Crippen LogP contribution in [-0.2, 0) is 15.8 Å². The first-order valence-corrected chi connectivity index (χ1v) is 9.10. The summed E-state index contributed by atoms with van der Waals surface area (Å²) in [5.74, 6) is -1.28. The van der Waals surface area contributed by atoms with Crippen molar-refractivity contribution in [1.82, 2.24) is 4.90 Å². The monoisotopic (exact) mass is 421 g/mol. The summed E-state index contributed by atoms with van der Waals surface area (Å²) in [6, 6.07) is 4.76. The van der Waals surface area contributed by atoms with Crippen LogP contribution in [0.1, 0.15) is 45.1 Å². The quantitative estimate of drug-likeness (QED) is 0.758. The van der Waals surface area contributed by atoms with Crippen molar-refractivity contribution in [2.45, 2.75) is 51.2 Å². The van der Waals surface area contributed by atoms with Crippen LogP contribution in [0.5, 0.6) is 0 Å². The highest BCUT2D eigenvalue weighted by atomic mass is 35.5. The number of nitrogens with two attached hydrogens (primary N) is 1. The molecule has 1 fully saturated rings. The summed E-state index contributed by atoms with van der Waals surface area (Å²) in [6.07, 6.45) is -1.34. The Kier molecular flexibility index (Phi) is 8.31. The maximum absolute atomic E-state index is 13.1. The molecule has 5 nitrogen and oxygen atoms in total. The number of para-hydroxylation sites is 1. The SMILES string of the molecule is CCN(CC(=O)Nc1ccccc1C(F)(F)F)C(=O)C1CCCCC1(C)N.Cl. The zero-order valence-corrected chi connectivity index (χ0v) is 16.8. The van der Waals surface area contributed by atoms with Gasteiger partial charge in [-0.25, -0.2) is 0 Å². The zero-order valence-electron chi connectivity index (χ0n) is 16.0. The molecule has 2 amide bonds. The number of likely N-dealkylation sites (N-methyl/N-ethyl adjacent to an activating group) is 1. The molecule has 1 saturated carbocycles. The first-order chi connectivity index (χ1) is 12.6. The molecule has 2 atom stereocenters. The Hall–Kier alpha value is -1.80. The molecule has 0 heterocycles. The molecule has 0 radical (unpaired) electrons. The van der Waals surface area contributed by atoms with E-state index in [2.05, 4.69) is 5.32 Å². The Labute approximate surface area is 169 Å². The number of anilines is 1. The summed E-state index contributed by atoms with van der Waals surface area (Å²) in [6.45, 7) is 3.53. The highest BCUT2D eigenvalue weighted by Crippen LogP contribution is 2.35. The topological polar surface area (TPSA) is 75.4 Å². The minimum absolute atomic E-state index is 0. The lowest BCUT2D eigenvalue weighted by atomic mass is 9.74. The standard InChI is InChI=1S/C19H26F3N3O2.ClH/c1-3-25(17(27)14-9-6-7-11-18(14,2)23)12-16(26)24-15-10-5-4-8-13(15)19(20,21)22;/h4-5,8,10,14H,3,6-7,9,11-12,23H2,1-2H3,(H,24,26);1H. The van der Waals surface area contributed by atoms with Crippen LogP contribution in [0.3, 0.4) is 0 Å². The molecule has 9 heteroatoms. The van der Waals surface area contributed by atoms with Crippen molar-refractivity contribution in [3.05, 3.63) is 29.8 Å². The summed E-state index contributed by atoms with van der Waals surface area (Å²) >= 11 is 0. The third-order valence-electron chi connectivity index (χ3n) is 5.09. The minimum atomic E-state index is -4.58. The zero-order chi connectivity index (χ0) is 20.2. The highest BCUT2D eigenvalue weighted by Gasteiger charge is 2.40. The summed E-state index contributed by atoms with van der Waals surface area (Å²) in [4.78, 5) is 26.5. The van der Waals surface area contributed by atoms with E-state index in [4.69, 9.17) is 5.73 Å². The molecule has 0 aliphatic heterocycles. The normalized spacial score (nSPS) is 22.1. The number of rotatable bonds is 5. The van der Waals surface area contributed by atoms with Crippen LogP contribution in [0.4, 0.5) is 18.9 Å². The fourth-order valence-corrected chi connectivity index (χ4v) is 3.53. The number of alkyl halides is 3. The summed E-state index contributed by atoms with van der Waals surface area (Å²) in [7, 11) is 0. The number of amides is 2. The second-order valence-electron chi connectivity index (χ2n) is 7.25. The van der Waals surface area contributed by atoms with E-state index in [1.165, 1.54) is 23.1 Å². The number of carbonyl (C=O) groups is 2. The maximum atomic E-state index is 13.1. The number of nitrogens with one attached hydrogen (secondary N) is 1. The van der Waals surface area contributed by atoms with Gasteiger partial charge in [0, 0.05) is 12.1 Å². The molecule has 1 aliphatic carbocycles. The van der Waals surface area contributed by atoms with Crippen molar-refractivity contribution in [3.8, 4) is 0 Å². The van der Waals surface area contributed by atoms with Crippen molar-refractivity contribution < 1.29 is 22.8 Å². The van der Waals surface area contributed by atoms with Gasteiger partial charge in [0.25, 0.3) is 0 Å². The van der Waals surface area contributed by atoms with Crippen LogP contribution >= 0.6 is 12.4 Å². The molecule has 158 valence electrons. The van der Waals surface area contributed by atoms with Crippen molar-refractivity contribution in [3.63, 3.8) is 0 Å². The van der Waals surface area contributed by atoms with E-state index in [-0.39, 0.29) is 43.0 Å². The van der Waals surface area contributed by atoms with Crippen molar-refractivity contribution in [1.29, 1.82) is 0 Å². The van der Waals surface area contributed by atoms with Crippen LogP contribution < -0.4 is 11.1 Å². The fraction of sp³-hybridized carbons (Fsp3) is 0.579. The molecule has 0 spiro atoms. The van der Waals surface area contributed by atoms with Gasteiger partial charge in [-0.15, -0.1) is 12.4 Å². The van der Waals surface area contributed by atoms with Gasteiger partial charge in [0.1, 0.15) is 0 Å². The number of halogens is 4. The minimum Gasteiger partial charge on any atom is -0.333 e. The first-order valence-electron chi connectivity index (χ1n) is 9.10. The van der Waals surface area contributed by atoms with Gasteiger partial charge in [-0.05, 0) is 38.8 Å². The Morgan fingerprint density at radius 2 is 1.93 bits per heavy atom. The Morgan fingerprint density at radius 1 is 1.29 bits per heavy atom. The van der Waals surface area contributed by atoms with E-state index in [9.17, 15) is 22.8 Å². The van der Waals surface area contributed by atoms with Crippen molar-refractivity contribution in [2.24, 2.45) is 11.7 Å². The van der Waals surface area contributed by atoms with Gasteiger partial charge in [0.2, 0.25) is 11.8 Å². The van der Waals surface area contributed by atoms with Crippen LogP contribution in [0.2, 0.25) is 0 Å². The molecule has 2 unspecified atom stereocenters. The van der Waals surface area contributed by atoms with Crippen LogP contribution in [0, 0.1) is 5.92 Å². The molecule has 3 N–H and O–H groups in total. The summed E-state index contributed by atoms with van der Waals surface area (Å²) in [5.41, 5.74) is 4.39. The third kappa shape index (κ3) is 5.85. The summed E-state index contributed by atoms with van der Waals surface area (Å²) in [5, 5.41) is 2.28. The van der Waals surface area contributed by atoms with E-state index >= 15 is 0 Å². The van der Waals surface area contributed by atoms with E-state index in [1.54, 1.807) is 6.92 Å². The highest BCUT2D eigenvalue weighted by molar-refractivity contribution is 5.95. The van der Waals surface area contributed by atoms with Crippen molar-refractivity contribution >= 4 is 29.9 Å². The molecule has 0 saturated heterocycles. The van der Waals surface area contributed by atoms with E-state index < -0.39 is 23.2 Å². The molecular weight excluding hydrogens is 395 g/mol. The smallest absolute Gasteiger partial charge is 0.333 e. The largest absolute Gasteiger partial charge is 0.418 e. The second kappa shape index (κ2) is 9.60. The molecule has 2 rings (SSSR count). The number of hydrogen-bond acceptors (Lipinski definition) is 3. The Balaban J connectivity index is 0.00000392. The predicted octanol–water partition coefficient (Wildman–Crippen LogP) is 3.82. The average molecular weight is 422 g/mol. The maximum Gasteiger partial charge on any atom is 0.418 e. The average Bonchev–Trinajstić information content (AvgIpc) is 2.58.